The fraction of sp³-hybridized carbons (Fsp3) is 0.435. The van der Waals surface area contributed by atoms with Gasteiger partial charge in [0.1, 0.15) is 5.75 Å². The molecule has 1 fully saturated rings. The molecule has 0 bridgehead atoms. The quantitative estimate of drug-likeness (QED) is 0.608. The molecule has 1 unspecified atom stereocenters. The summed E-state index contributed by atoms with van der Waals surface area (Å²) in [5.74, 6) is 0.613. The lowest BCUT2D eigenvalue weighted by atomic mass is 10.1. The van der Waals surface area contributed by atoms with Gasteiger partial charge in [-0.25, -0.2) is 0 Å². The van der Waals surface area contributed by atoms with E-state index in [0.29, 0.717) is 43.8 Å². The summed E-state index contributed by atoms with van der Waals surface area (Å²) in [5, 5.41) is 2.87. The second-order valence-electron chi connectivity index (χ2n) is 7.36. The number of pyridine rings is 1. The number of hydrogen-bond acceptors (Lipinski definition) is 5. The van der Waals surface area contributed by atoms with Crippen molar-refractivity contribution < 1.29 is 19.1 Å². The molecule has 1 N–H and O–H groups in total. The molecule has 3 rings (SSSR count). The zero-order valence-electron chi connectivity index (χ0n) is 17.4. The minimum Gasteiger partial charge on any atom is -0.497 e. The van der Waals surface area contributed by atoms with Crippen molar-refractivity contribution in [1.82, 2.24) is 15.2 Å². The molecule has 0 saturated carbocycles. The molecule has 1 atom stereocenters. The molecule has 160 valence electrons. The van der Waals surface area contributed by atoms with E-state index in [-0.39, 0.29) is 17.9 Å². The summed E-state index contributed by atoms with van der Waals surface area (Å²) in [6.45, 7) is 2.31. The summed E-state index contributed by atoms with van der Waals surface area (Å²) in [6, 6.07) is 10.8. The van der Waals surface area contributed by atoms with Gasteiger partial charge < -0.3 is 19.7 Å². The first-order chi connectivity index (χ1) is 14.7. The average Bonchev–Trinajstić information content (AvgIpc) is 3.30. The number of methoxy groups -OCH3 is 1. The van der Waals surface area contributed by atoms with Gasteiger partial charge in [0.2, 0.25) is 5.91 Å². The van der Waals surface area contributed by atoms with Crippen LogP contribution in [0.25, 0.3) is 0 Å². The van der Waals surface area contributed by atoms with E-state index in [9.17, 15) is 9.59 Å². The molecule has 2 aromatic rings. The van der Waals surface area contributed by atoms with Crippen LogP contribution in [0.3, 0.4) is 0 Å². The van der Waals surface area contributed by atoms with Crippen LogP contribution in [0.5, 0.6) is 5.75 Å². The fourth-order valence-corrected chi connectivity index (χ4v) is 3.44. The Morgan fingerprint density at radius 3 is 2.77 bits per heavy atom. The number of benzene rings is 1. The van der Waals surface area contributed by atoms with Crippen LogP contribution in [-0.4, -0.2) is 54.6 Å². The van der Waals surface area contributed by atoms with E-state index in [1.54, 1.807) is 43.8 Å². The Kier molecular flexibility index (Phi) is 8.20. The minimum absolute atomic E-state index is 0.0630. The van der Waals surface area contributed by atoms with Crippen molar-refractivity contribution in [2.24, 2.45) is 0 Å². The third-order valence-electron chi connectivity index (χ3n) is 5.10. The number of amides is 2. The van der Waals surface area contributed by atoms with Gasteiger partial charge in [0.05, 0.1) is 13.2 Å². The summed E-state index contributed by atoms with van der Waals surface area (Å²) in [7, 11) is 1.59. The molecular formula is C23H29N3O4. The highest BCUT2D eigenvalue weighted by Gasteiger charge is 2.22. The maximum absolute atomic E-state index is 12.8. The van der Waals surface area contributed by atoms with Crippen LogP contribution in [0.1, 0.15) is 41.6 Å². The standard InChI is InChI=1S/C23H29N3O4/c1-29-20-10-8-19(9-11-20)23(28)25-13-3-7-22(27)26(17-21-6-4-14-30-21)16-18-5-2-12-24-15-18/h2,5,8-12,15,21H,3-4,6-7,13-14,16-17H2,1H3,(H,25,28). The van der Waals surface area contributed by atoms with Gasteiger partial charge in [-0.1, -0.05) is 6.07 Å². The monoisotopic (exact) mass is 411 g/mol. The van der Waals surface area contributed by atoms with Crippen LogP contribution >= 0.6 is 0 Å². The van der Waals surface area contributed by atoms with Crippen LogP contribution in [0.4, 0.5) is 0 Å². The van der Waals surface area contributed by atoms with Gasteiger partial charge in [-0.05, 0) is 55.2 Å². The lowest BCUT2D eigenvalue weighted by Crippen LogP contribution is -2.37. The Bertz CT molecular complexity index is 805. The minimum atomic E-state index is -0.156. The van der Waals surface area contributed by atoms with Crippen LogP contribution in [0, 0.1) is 0 Å². The van der Waals surface area contributed by atoms with E-state index >= 15 is 0 Å². The summed E-state index contributed by atoms with van der Waals surface area (Å²) in [5.41, 5.74) is 1.57. The number of carbonyl (C=O) groups is 2. The van der Waals surface area contributed by atoms with Crippen LogP contribution in [-0.2, 0) is 16.1 Å². The van der Waals surface area contributed by atoms with Crippen molar-refractivity contribution in [3.8, 4) is 5.75 Å². The van der Waals surface area contributed by atoms with Gasteiger partial charge in [0, 0.05) is 50.6 Å². The molecule has 7 nitrogen and oxygen atoms in total. The third kappa shape index (κ3) is 6.56. The van der Waals surface area contributed by atoms with Crippen LogP contribution in [0.2, 0.25) is 0 Å². The highest BCUT2D eigenvalue weighted by Crippen LogP contribution is 2.16. The number of rotatable bonds is 10. The smallest absolute Gasteiger partial charge is 0.251 e. The largest absolute Gasteiger partial charge is 0.497 e. The van der Waals surface area contributed by atoms with E-state index in [2.05, 4.69) is 10.3 Å². The lowest BCUT2D eigenvalue weighted by Gasteiger charge is -2.25. The third-order valence-corrected chi connectivity index (χ3v) is 5.10. The number of ether oxygens (including phenoxy) is 2. The van der Waals surface area contributed by atoms with Crippen molar-refractivity contribution in [2.45, 2.75) is 38.3 Å². The molecule has 1 aliphatic heterocycles. The van der Waals surface area contributed by atoms with Gasteiger partial charge in [-0.3, -0.25) is 14.6 Å². The Morgan fingerprint density at radius 1 is 1.27 bits per heavy atom. The molecular weight excluding hydrogens is 382 g/mol. The molecule has 1 aromatic carbocycles. The summed E-state index contributed by atoms with van der Waals surface area (Å²) in [4.78, 5) is 31.1. The van der Waals surface area contributed by atoms with E-state index in [1.165, 1.54) is 0 Å². The first kappa shape index (κ1) is 21.8. The second kappa shape index (κ2) is 11.3. The van der Waals surface area contributed by atoms with Gasteiger partial charge in [-0.15, -0.1) is 0 Å². The Labute approximate surface area is 177 Å². The van der Waals surface area contributed by atoms with Crippen molar-refractivity contribution in [2.75, 3.05) is 26.8 Å². The fourth-order valence-electron chi connectivity index (χ4n) is 3.44. The Hall–Kier alpha value is -2.93. The molecule has 30 heavy (non-hydrogen) atoms. The number of nitrogens with zero attached hydrogens (tertiary/aromatic N) is 2. The van der Waals surface area contributed by atoms with Gasteiger partial charge >= 0.3 is 0 Å². The first-order valence-electron chi connectivity index (χ1n) is 10.4. The van der Waals surface area contributed by atoms with Crippen molar-refractivity contribution in [1.29, 1.82) is 0 Å². The number of hydrogen-bond donors (Lipinski definition) is 1. The molecule has 7 heteroatoms. The maximum atomic E-state index is 12.8. The van der Waals surface area contributed by atoms with Crippen molar-refractivity contribution in [3.63, 3.8) is 0 Å². The summed E-state index contributed by atoms with van der Waals surface area (Å²) < 4.78 is 10.8. The second-order valence-corrected chi connectivity index (χ2v) is 7.36. The SMILES string of the molecule is COc1ccc(C(=O)NCCCC(=O)N(Cc2cccnc2)CC2CCCO2)cc1. The zero-order valence-corrected chi connectivity index (χ0v) is 17.4. The van der Waals surface area contributed by atoms with Gasteiger partial charge in [0.15, 0.2) is 0 Å². The predicted octanol–water partition coefficient (Wildman–Crippen LogP) is 2.81. The van der Waals surface area contributed by atoms with E-state index in [0.717, 1.165) is 25.0 Å². The Balaban J connectivity index is 1.47. The summed E-state index contributed by atoms with van der Waals surface area (Å²) >= 11 is 0. The molecule has 1 saturated heterocycles. The van der Waals surface area contributed by atoms with E-state index in [1.807, 2.05) is 17.0 Å². The number of aromatic nitrogens is 1. The Morgan fingerprint density at radius 2 is 2.10 bits per heavy atom. The van der Waals surface area contributed by atoms with E-state index < -0.39 is 0 Å². The zero-order chi connectivity index (χ0) is 21.2. The molecule has 2 amide bonds. The molecule has 0 radical (unpaired) electrons. The maximum Gasteiger partial charge on any atom is 0.251 e. The topological polar surface area (TPSA) is 80.8 Å². The first-order valence-corrected chi connectivity index (χ1v) is 10.4. The molecule has 0 spiro atoms. The van der Waals surface area contributed by atoms with Gasteiger partial charge in [-0.2, -0.15) is 0 Å². The molecule has 0 aliphatic carbocycles. The predicted molar refractivity (Wildman–Crippen MR) is 113 cm³/mol. The highest BCUT2D eigenvalue weighted by atomic mass is 16.5. The molecule has 1 aliphatic rings. The highest BCUT2D eigenvalue weighted by molar-refractivity contribution is 5.94. The van der Waals surface area contributed by atoms with E-state index in [4.69, 9.17) is 9.47 Å². The van der Waals surface area contributed by atoms with Crippen molar-refractivity contribution >= 4 is 11.8 Å². The number of carbonyl (C=O) groups excluding carboxylic acids is 2. The van der Waals surface area contributed by atoms with Gasteiger partial charge in [0.25, 0.3) is 5.91 Å². The molecule has 2 heterocycles. The van der Waals surface area contributed by atoms with Crippen molar-refractivity contribution in [3.05, 3.63) is 59.9 Å². The number of nitrogens with one attached hydrogen (secondary N) is 1. The lowest BCUT2D eigenvalue weighted by molar-refractivity contribution is -0.133. The molecule has 1 aromatic heterocycles. The normalized spacial score (nSPS) is 15.6. The summed E-state index contributed by atoms with van der Waals surface area (Å²) in [6.07, 6.45) is 6.57. The van der Waals surface area contributed by atoms with Crippen LogP contribution in [0.15, 0.2) is 48.8 Å². The van der Waals surface area contributed by atoms with Crippen LogP contribution < -0.4 is 10.1 Å². The average molecular weight is 412 g/mol.